The van der Waals surface area contributed by atoms with Crippen LogP contribution in [0, 0.1) is 5.92 Å². The molecule has 2 aliphatic rings. The van der Waals surface area contributed by atoms with Crippen LogP contribution in [-0.4, -0.2) is 35.3 Å². The summed E-state index contributed by atoms with van der Waals surface area (Å²) in [4.78, 5) is 37.0. The van der Waals surface area contributed by atoms with E-state index >= 15 is 0 Å². The molecule has 1 saturated carbocycles. The van der Waals surface area contributed by atoms with E-state index < -0.39 is 17.7 Å². The quantitative estimate of drug-likeness (QED) is 0.270. The number of rotatable bonds is 8. The van der Waals surface area contributed by atoms with E-state index in [4.69, 9.17) is 9.47 Å². The maximum absolute atomic E-state index is 13.1. The summed E-state index contributed by atoms with van der Waals surface area (Å²) in [6.45, 7) is 5.84. The first-order valence-corrected chi connectivity index (χ1v) is 14.8. The molecule has 42 heavy (non-hydrogen) atoms. The van der Waals surface area contributed by atoms with Crippen LogP contribution in [0.2, 0.25) is 0 Å². The number of hydrogen-bond donors (Lipinski definition) is 2. The summed E-state index contributed by atoms with van der Waals surface area (Å²) in [5.41, 5.74) is 6.47. The predicted octanol–water partition coefficient (Wildman–Crippen LogP) is 7.68. The van der Waals surface area contributed by atoms with E-state index in [1.165, 1.54) is 0 Å². The fourth-order valence-corrected chi connectivity index (χ4v) is 6.22. The molecule has 2 N–H and O–H groups in total. The summed E-state index contributed by atoms with van der Waals surface area (Å²) in [5.74, 6) is -0.954. The maximum atomic E-state index is 13.1. The number of amides is 1. The van der Waals surface area contributed by atoms with Crippen molar-refractivity contribution in [3.05, 3.63) is 89.0 Å². The minimum absolute atomic E-state index is 0.0420. The van der Waals surface area contributed by atoms with Crippen LogP contribution >= 0.6 is 0 Å². The van der Waals surface area contributed by atoms with E-state index in [1.807, 2.05) is 63.2 Å². The van der Waals surface area contributed by atoms with Gasteiger partial charge in [0.1, 0.15) is 12.2 Å². The van der Waals surface area contributed by atoms with Crippen molar-refractivity contribution in [2.75, 3.05) is 11.9 Å². The molecule has 1 fully saturated rings. The highest BCUT2D eigenvalue weighted by atomic mass is 16.6. The fraction of sp³-hybridized carbons (Fsp3) is 0.400. The van der Waals surface area contributed by atoms with Crippen LogP contribution in [0.15, 0.2) is 66.7 Å². The van der Waals surface area contributed by atoms with Crippen molar-refractivity contribution < 1.29 is 29.0 Å². The molecule has 7 heteroatoms. The summed E-state index contributed by atoms with van der Waals surface area (Å²) in [6.07, 6.45) is 2.84. The monoisotopic (exact) mass is 569 g/mol. The molecule has 3 aromatic carbocycles. The van der Waals surface area contributed by atoms with Crippen molar-refractivity contribution in [3.63, 3.8) is 0 Å². The normalized spacial score (nSPS) is 18.1. The number of nitrogens with one attached hydrogen (secondary N) is 1. The van der Waals surface area contributed by atoms with Crippen molar-refractivity contribution in [2.45, 2.75) is 76.7 Å². The van der Waals surface area contributed by atoms with E-state index in [1.54, 1.807) is 0 Å². The number of ether oxygens (including phenoxy) is 2. The number of esters is 1. The number of anilines is 1. The van der Waals surface area contributed by atoms with E-state index in [9.17, 15) is 19.5 Å². The second-order valence-electron chi connectivity index (χ2n) is 12.3. The van der Waals surface area contributed by atoms with Crippen molar-refractivity contribution in [3.8, 4) is 11.1 Å². The van der Waals surface area contributed by atoms with Gasteiger partial charge in [-0.05, 0) is 98.2 Å². The van der Waals surface area contributed by atoms with Crippen LogP contribution < -0.4 is 5.32 Å². The Morgan fingerprint density at radius 3 is 2.10 bits per heavy atom. The molecule has 1 amide bonds. The number of carboxylic acids is 1. The molecule has 0 atom stereocenters. The molecule has 0 radical (unpaired) electrons. The molecule has 0 spiro atoms. The van der Waals surface area contributed by atoms with Crippen molar-refractivity contribution >= 4 is 23.7 Å². The van der Waals surface area contributed by atoms with Gasteiger partial charge in [0.2, 0.25) is 0 Å². The second-order valence-corrected chi connectivity index (χ2v) is 12.3. The largest absolute Gasteiger partial charge is 0.481 e. The Morgan fingerprint density at radius 1 is 0.881 bits per heavy atom. The highest BCUT2D eigenvalue weighted by Gasteiger charge is 2.31. The molecular formula is C35H39NO6. The molecule has 0 heterocycles. The minimum Gasteiger partial charge on any atom is -0.481 e. The topological polar surface area (TPSA) is 102 Å². The lowest BCUT2D eigenvalue weighted by Gasteiger charge is -2.30. The number of carbonyl (C=O) groups excluding carboxylic acids is 2. The average Bonchev–Trinajstić information content (AvgIpc) is 3.28. The van der Waals surface area contributed by atoms with Gasteiger partial charge in [-0.2, -0.15) is 0 Å². The molecule has 3 aromatic rings. The molecule has 0 bridgehead atoms. The zero-order chi connectivity index (χ0) is 29.9. The molecule has 5 rings (SSSR count). The fourth-order valence-electron chi connectivity index (χ4n) is 6.22. The van der Waals surface area contributed by atoms with Crippen LogP contribution in [-0.2, 0) is 25.5 Å². The number of fused-ring (bicyclic) bond motifs is 3. The third-order valence-electron chi connectivity index (χ3n) is 8.26. The van der Waals surface area contributed by atoms with Gasteiger partial charge in [-0.3, -0.25) is 14.9 Å². The predicted molar refractivity (Wildman–Crippen MR) is 162 cm³/mol. The third kappa shape index (κ3) is 6.84. The van der Waals surface area contributed by atoms with Gasteiger partial charge in [-0.1, -0.05) is 60.7 Å². The van der Waals surface area contributed by atoms with E-state index in [2.05, 4.69) is 29.6 Å². The van der Waals surface area contributed by atoms with Gasteiger partial charge in [-0.15, -0.1) is 0 Å². The zero-order valence-corrected chi connectivity index (χ0v) is 24.5. The summed E-state index contributed by atoms with van der Waals surface area (Å²) in [7, 11) is 0. The Kier molecular flexibility index (Phi) is 8.66. The highest BCUT2D eigenvalue weighted by Crippen LogP contribution is 2.44. The van der Waals surface area contributed by atoms with E-state index in [-0.39, 0.29) is 36.8 Å². The number of carbonyl (C=O) groups is 3. The van der Waals surface area contributed by atoms with Crippen molar-refractivity contribution in [2.24, 2.45) is 5.92 Å². The Morgan fingerprint density at radius 2 is 1.50 bits per heavy atom. The molecule has 0 aliphatic heterocycles. The lowest BCUT2D eigenvalue weighted by molar-refractivity contribution is -0.161. The van der Waals surface area contributed by atoms with Crippen LogP contribution in [0.3, 0.4) is 0 Å². The van der Waals surface area contributed by atoms with Gasteiger partial charge in [0.25, 0.3) is 0 Å². The first-order chi connectivity index (χ1) is 20.1. The molecule has 2 aliphatic carbocycles. The number of hydrogen-bond acceptors (Lipinski definition) is 5. The molecule has 0 aromatic heterocycles. The summed E-state index contributed by atoms with van der Waals surface area (Å²) >= 11 is 0. The maximum Gasteiger partial charge on any atom is 0.411 e. The Labute approximate surface area is 247 Å². The van der Waals surface area contributed by atoms with Crippen LogP contribution in [0.4, 0.5) is 10.5 Å². The Bertz CT molecular complexity index is 1420. The van der Waals surface area contributed by atoms with Crippen molar-refractivity contribution in [1.82, 2.24) is 0 Å². The van der Waals surface area contributed by atoms with Crippen LogP contribution in [0.25, 0.3) is 11.1 Å². The summed E-state index contributed by atoms with van der Waals surface area (Å²) in [5, 5.41) is 12.2. The lowest BCUT2D eigenvalue weighted by atomic mass is 9.78. The highest BCUT2D eigenvalue weighted by molar-refractivity contribution is 5.86. The molecule has 7 nitrogen and oxygen atoms in total. The number of aryl methyl sites for hydroxylation is 1. The van der Waals surface area contributed by atoms with Gasteiger partial charge >= 0.3 is 18.0 Å². The first kappa shape index (κ1) is 29.4. The molecular weight excluding hydrogens is 530 g/mol. The standard InChI is InChI=1S/C35H39NO6/c1-35(2,3)42-33(39)24-15-12-22(13-16-24)25-17-14-23(18-19-32(37)38)31(20-25)36-34(40)41-21-30-28-10-6-4-8-26(28)27-9-5-7-11-29(27)30/h4-11,14,17,20,22,24,30H,12-13,15-16,18-19,21H2,1-3H3,(H,36,40)(H,37,38). The van der Waals surface area contributed by atoms with Gasteiger partial charge in [0, 0.05) is 18.0 Å². The van der Waals surface area contributed by atoms with Crippen LogP contribution in [0.1, 0.15) is 87.0 Å². The first-order valence-electron chi connectivity index (χ1n) is 14.8. The molecule has 220 valence electrons. The Balaban J connectivity index is 1.27. The third-order valence-corrected chi connectivity index (χ3v) is 8.26. The minimum atomic E-state index is -0.897. The zero-order valence-electron chi connectivity index (χ0n) is 24.5. The number of benzene rings is 3. The number of aliphatic carboxylic acids is 1. The van der Waals surface area contributed by atoms with Gasteiger partial charge in [-0.25, -0.2) is 4.79 Å². The van der Waals surface area contributed by atoms with Gasteiger partial charge in [0.05, 0.1) is 5.92 Å². The summed E-state index contributed by atoms with van der Waals surface area (Å²) in [6, 6.07) is 22.2. The van der Waals surface area contributed by atoms with Crippen LogP contribution in [0.5, 0.6) is 0 Å². The Hall–Kier alpha value is -4.13. The SMILES string of the molecule is CC(C)(C)OC(=O)C1CCC(c2ccc(CCC(=O)O)c(NC(=O)OCC3c4ccccc4-c4ccccc43)c2)CC1. The summed E-state index contributed by atoms with van der Waals surface area (Å²) < 4.78 is 11.4. The second kappa shape index (κ2) is 12.4. The van der Waals surface area contributed by atoms with Gasteiger partial charge < -0.3 is 14.6 Å². The molecule has 0 unspecified atom stereocenters. The van der Waals surface area contributed by atoms with Gasteiger partial charge in [0.15, 0.2) is 0 Å². The van der Waals surface area contributed by atoms with E-state index in [0.717, 1.165) is 59.1 Å². The smallest absolute Gasteiger partial charge is 0.411 e. The average molecular weight is 570 g/mol. The van der Waals surface area contributed by atoms with E-state index in [0.29, 0.717) is 12.1 Å². The van der Waals surface area contributed by atoms with Crippen molar-refractivity contribution in [1.29, 1.82) is 0 Å². The lowest BCUT2D eigenvalue weighted by Crippen LogP contribution is -2.30. The molecule has 0 saturated heterocycles. The number of carboxylic acid groups (broad SMARTS) is 1.